The number of aliphatic hydroxyl groups excluding tert-OH is 1. The number of aromatic nitrogens is 2. The van der Waals surface area contributed by atoms with Crippen molar-refractivity contribution in [3.8, 4) is 0 Å². The molecule has 14 heavy (non-hydrogen) atoms. The van der Waals surface area contributed by atoms with Crippen LogP contribution in [0.4, 0.5) is 0 Å². The van der Waals surface area contributed by atoms with E-state index in [4.69, 9.17) is 0 Å². The zero-order valence-electron chi connectivity index (χ0n) is 8.70. The van der Waals surface area contributed by atoms with Crippen molar-refractivity contribution >= 4 is 0 Å². The van der Waals surface area contributed by atoms with E-state index in [1.165, 1.54) is 0 Å². The van der Waals surface area contributed by atoms with Gasteiger partial charge in [0.15, 0.2) is 0 Å². The minimum absolute atomic E-state index is 0.441. The fourth-order valence-electron chi connectivity index (χ4n) is 1.21. The van der Waals surface area contributed by atoms with Gasteiger partial charge in [-0.1, -0.05) is 0 Å². The van der Waals surface area contributed by atoms with Gasteiger partial charge in [-0.15, -0.1) is 0 Å². The second kappa shape index (κ2) is 5.67. The maximum atomic E-state index is 9.73. The summed E-state index contributed by atoms with van der Waals surface area (Å²) in [6, 6.07) is 0. The lowest BCUT2D eigenvalue weighted by atomic mass is 10.1. The summed E-state index contributed by atoms with van der Waals surface area (Å²) in [6.45, 7) is 2.75. The van der Waals surface area contributed by atoms with Gasteiger partial charge in [0.2, 0.25) is 0 Å². The van der Waals surface area contributed by atoms with Crippen LogP contribution in [-0.2, 0) is 0 Å². The van der Waals surface area contributed by atoms with Gasteiger partial charge in [0, 0.05) is 18.0 Å². The van der Waals surface area contributed by atoms with Crippen molar-refractivity contribution in [3.05, 3.63) is 23.8 Å². The average Bonchev–Trinajstić information content (AvgIpc) is 2.19. The van der Waals surface area contributed by atoms with Gasteiger partial charge in [-0.2, -0.15) is 0 Å². The normalized spacial score (nSPS) is 12.8. The van der Waals surface area contributed by atoms with Crippen LogP contribution in [-0.4, -0.2) is 28.7 Å². The molecule has 2 N–H and O–H groups in total. The molecular formula is C10H17N3O. The number of hydrogen-bond donors (Lipinski definition) is 2. The van der Waals surface area contributed by atoms with Crippen LogP contribution in [0.1, 0.15) is 30.3 Å². The first-order valence-corrected chi connectivity index (χ1v) is 4.85. The summed E-state index contributed by atoms with van der Waals surface area (Å²) < 4.78 is 0. The quantitative estimate of drug-likeness (QED) is 0.683. The maximum absolute atomic E-state index is 9.73. The van der Waals surface area contributed by atoms with Gasteiger partial charge < -0.3 is 10.4 Å². The van der Waals surface area contributed by atoms with Gasteiger partial charge in [-0.3, -0.25) is 0 Å². The van der Waals surface area contributed by atoms with Crippen molar-refractivity contribution in [1.29, 1.82) is 0 Å². The van der Waals surface area contributed by atoms with Crippen LogP contribution in [0.25, 0.3) is 0 Å². The second-order valence-electron chi connectivity index (χ2n) is 3.33. The van der Waals surface area contributed by atoms with Crippen molar-refractivity contribution in [1.82, 2.24) is 15.3 Å². The summed E-state index contributed by atoms with van der Waals surface area (Å²) in [5.41, 5.74) is 0.798. The minimum Gasteiger partial charge on any atom is -0.388 e. The first-order chi connectivity index (χ1) is 6.74. The molecule has 0 saturated carbocycles. The Hall–Kier alpha value is -1.00. The molecule has 1 aromatic rings. The van der Waals surface area contributed by atoms with Crippen LogP contribution in [0.15, 0.2) is 12.4 Å². The number of aryl methyl sites for hydroxylation is 1. The summed E-state index contributed by atoms with van der Waals surface area (Å²) in [6.07, 6.45) is 4.63. The summed E-state index contributed by atoms with van der Waals surface area (Å²) >= 11 is 0. The molecule has 0 aliphatic heterocycles. The predicted octanol–water partition coefficient (Wildman–Crippen LogP) is 0.818. The first-order valence-electron chi connectivity index (χ1n) is 4.85. The fourth-order valence-corrected chi connectivity index (χ4v) is 1.21. The van der Waals surface area contributed by atoms with E-state index in [0.29, 0.717) is 0 Å². The zero-order valence-corrected chi connectivity index (χ0v) is 8.70. The Labute approximate surface area is 84.4 Å². The molecule has 0 aromatic carbocycles. The van der Waals surface area contributed by atoms with E-state index in [1.54, 1.807) is 12.4 Å². The Morgan fingerprint density at radius 2 is 2.07 bits per heavy atom. The summed E-state index contributed by atoms with van der Waals surface area (Å²) in [5.74, 6) is 0.733. The summed E-state index contributed by atoms with van der Waals surface area (Å²) in [5, 5.41) is 12.8. The first kappa shape index (κ1) is 11.1. The van der Waals surface area contributed by atoms with Crippen LogP contribution in [0.3, 0.4) is 0 Å². The number of aliphatic hydroxyl groups is 1. The number of nitrogens with one attached hydrogen (secondary N) is 1. The Bertz CT molecular complexity index is 261. The topological polar surface area (TPSA) is 58.0 Å². The molecule has 78 valence electrons. The molecule has 0 fully saturated rings. The van der Waals surface area contributed by atoms with Gasteiger partial charge in [-0.05, 0) is 33.4 Å². The van der Waals surface area contributed by atoms with Gasteiger partial charge in [0.25, 0.3) is 0 Å². The van der Waals surface area contributed by atoms with Crippen molar-refractivity contribution in [2.45, 2.75) is 25.9 Å². The number of hydrogen-bond acceptors (Lipinski definition) is 4. The van der Waals surface area contributed by atoms with Crippen LogP contribution in [0.5, 0.6) is 0 Å². The minimum atomic E-state index is -0.441. The third kappa shape index (κ3) is 3.40. The Morgan fingerprint density at radius 3 is 2.64 bits per heavy atom. The van der Waals surface area contributed by atoms with Gasteiger partial charge in [0.1, 0.15) is 5.82 Å². The smallest absolute Gasteiger partial charge is 0.125 e. The molecule has 0 saturated heterocycles. The molecule has 0 aliphatic rings. The molecule has 1 unspecified atom stereocenters. The largest absolute Gasteiger partial charge is 0.388 e. The predicted molar refractivity (Wildman–Crippen MR) is 54.9 cm³/mol. The molecule has 4 nitrogen and oxygen atoms in total. The van der Waals surface area contributed by atoms with E-state index < -0.39 is 6.10 Å². The molecule has 0 spiro atoms. The monoisotopic (exact) mass is 195 g/mol. The van der Waals surface area contributed by atoms with Gasteiger partial charge in [-0.25, -0.2) is 9.97 Å². The molecule has 1 atom stereocenters. The van der Waals surface area contributed by atoms with Crippen LogP contribution >= 0.6 is 0 Å². The van der Waals surface area contributed by atoms with Crippen LogP contribution in [0, 0.1) is 6.92 Å². The third-order valence-electron chi connectivity index (χ3n) is 2.09. The lowest BCUT2D eigenvalue weighted by molar-refractivity contribution is 0.164. The SMILES string of the molecule is CNCCCC(O)c1cnc(C)nc1. The summed E-state index contributed by atoms with van der Waals surface area (Å²) in [4.78, 5) is 8.08. The molecule has 4 heteroatoms. The Balaban J connectivity index is 2.43. The molecule has 0 bridgehead atoms. The molecule has 1 aromatic heterocycles. The molecule has 0 aliphatic carbocycles. The third-order valence-corrected chi connectivity index (χ3v) is 2.09. The van der Waals surface area contributed by atoms with E-state index in [1.807, 2.05) is 14.0 Å². The van der Waals surface area contributed by atoms with E-state index in [-0.39, 0.29) is 0 Å². The molecule has 1 heterocycles. The number of nitrogens with zero attached hydrogens (tertiary/aromatic N) is 2. The second-order valence-corrected chi connectivity index (χ2v) is 3.33. The van der Waals surface area contributed by atoms with Crippen molar-refractivity contribution < 1.29 is 5.11 Å². The highest BCUT2D eigenvalue weighted by Gasteiger charge is 2.07. The van der Waals surface area contributed by atoms with E-state index in [9.17, 15) is 5.11 Å². The molecule has 0 amide bonds. The summed E-state index contributed by atoms with van der Waals surface area (Å²) in [7, 11) is 1.90. The van der Waals surface area contributed by atoms with Crippen LogP contribution in [0.2, 0.25) is 0 Å². The van der Waals surface area contributed by atoms with E-state index in [2.05, 4.69) is 15.3 Å². The average molecular weight is 195 g/mol. The molecular weight excluding hydrogens is 178 g/mol. The maximum Gasteiger partial charge on any atom is 0.125 e. The van der Waals surface area contributed by atoms with Gasteiger partial charge in [0.05, 0.1) is 6.10 Å². The fraction of sp³-hybridized carbons (Fsp3) is 0.600. The van der Waals surface area contributed by atoms with E-state index in [0.717, 1.165) is 30.8 Å². The molecule has 0 radical (unpaired) electrons. The molecule has 1 rings (SSSR count). The van der Waals surface area contributed by atoms with Gasteiger partial charge >= 0.3 is 0 Å². The standard InChI is InChI=1S/C10H17N3O/c1-8-12-6-9(7-13-8)10(14)4-3-5-11-2/h6-7,10-11,14H,3-5H2,1-2H3. The lowest BCUT2D eigenvalue weighted by Gasteiger charge is -2.09. The Morgan fingerprint density at radius 1 is 1.43 bits per heavy atom. The lowest BCUT2D eigenvalue weighted by Crippen LogP contribution is -2.09. The van der Waals surface area contributed by atoms with Crippen LogP contribution < -0.4 is 5.32 Å². The zero-order chi connectivity index (χ0) is 10.4. The highest BCUT2D eigenvalue weighted by Crippen LogP contribution is 2.15. The van der Waals surface area contributed by atoms with Crippen molar-refractivity contribution in [2.75, 3.05) is 13.6 Å². The van der Waals surface area contributed by atoms with Crippen molar-refractivity contribution in [2.24, 2.45) is 0 Å². The highest BCUT2D eigenvalue weighted by molar-refractivity contribution is 5.08. The highest BCUT2D eigenvalue weighted by atomic mass is 16.3. The Kier molecular flexibility index (Phi) is 4.49. The van der Waals surface area contributed by atoms with E-state index >= 15 is 0 Å². The number of rotatable bonds is 5. The van der Waals surface area contributed by atoms with Crippen molar-refractivity contribution in [3.63, 3.8) is 0 Å².